The summed E-state index contributed by atoms with van der Waals surface area (Å²) in [7, 11) is -3.45. The summed E-state index contributed by atoms with van der Waals surface area (Å²) in [4.78, 5) is 11.0. The normalized spacial score (nSPS) is 25.4. The van der Waals surface area contributed by atoms with E-state index in [9.17, 15) is 13.2 Å². The average Bonchev–Trinajstić information content (AvgIpc) is 2.74. The summed E-state index contributed by atoms with van der Waals surface area (Å²) in [5, 5.41) is 8.32. The van der Waals surface area contributed by atoms with E-state index in [2.05, 4.69) is 0 Å². The molecule has 5 nitrogen and oxygen atoms in total. The van der Waals surface area contributed by atoms with Gasteiger partial charge >= 0.3 is 5.97 Å². The molecule has 0 amide bonds. The fourth-order valence-corrected chi connectivity index (χ4v) is 4.78. The third-order valence-electron chi connectivity index (χ3n) is 3.34. The van der Waals surface area contributed by atoms with E-state index >= 15 is 0 Å². The van der Waals surface area contributed by atoms with Crippen molar-refractivity contribution < 1.29 is 18.3 Å². The molecule has 0 saturated heterocycles. The average molecular weight is 263 g/mol. The molecular weight excluding hydrogens is 242 g/mol. The Morgan fingerprint density at radius 2 is 2.00 bits per heavy atom. The highest BCUT2D eigenvalue weighted by Gasteiger charge is 2.43. The van der Waals surface area contributed by atoms with Crippen molar-refractivity contribution in [2.24, 2.45) is 5.92 Å². The molecule has 0 aliphatic heterocycles. The molecule has 2 unspecified atom stereocenters. The lowest BCUT2D eigenvalue weighted by Crippen LogP contribution is -2.42. The van der Waals surface area contributed by atoms with Gasteiger partial charge in [0.2, 0.25) is 10.0 Å². The number of rotatable bonds is 6. The van der Waals surface area contributed by atoms with Gasteiger partial charge in [-0.1, -0.05) is 20.3 Å². The summed E-state index contributed by atoms with van der Waals surface area (Å²) in [6.45, 7) is 4.60. The van der Waals surface area contributed by atoms with Crippen LogP contribution in [0.15, 0.2) is 0 Å². The van der Waals surface area contributed by atoms with Crippen LogP contribution in [0, 0.1) is 5.92 Å². The molecular formula is C11H21NO4S. The summed E-state index contributed by atoms with van der Waals surface area (Å²) in [6, 6.07) is 0. The molecule has 6 heteroatoms. The van der Waals surface area contributed by atoms with Crippen molar-refractivity contribution in [3.8, 4) is 0 Å². The van der Waals surface area contributed by atoms with Crippen molar-refractivity contribution in [1.29, 1.82) is 0 Å². The molecule has 17 heavy (non-hydrogen) atoms. The van der Waals surface area contributed by atoms with Gasteiger partial charge in [0, 0.05) is 13.1 Å². The smallest absolute Gasteiger partial charge is 0.307 e. The van der Waals surface area contributed by atoms with Crippen LogP contribution in [0.25, 0.3) is 0 Å². The maximum Gasteiger partial charge on any atom is 0.307 e. The minimum absolute atomic E-state index is 0.416. The van der Waals surface area contributed by atoms with Gasteiger partial charge < -0.3 is 5.11 Å². The minimum atomic E-state index is -3.45. The molecule has 1 saturated carbocycles. The molecule has 0 heterocycles. The second-order valence-corrected chi connectivity index (χ2v) is 6.60. The molecule has 0 aromatic rings. The van der Waals surface area contributed by atoms with E-state index in [4.69, 9.17) is 5.11 Å². The quantitative estimate of drug-likeness (QED) is 0.784. The SMILES string of the molecule is CCCN(CC)S(=O)(=O)C1CCCC1C(=O)O. The van der Waals surface area contributed by atoms with Crippen molar-refractivity contribution in [2.45, 2.75) is 44.8 Å². The summed E-state index contributed by atoms with van der Waals surface area (Å²) in [5.41, 5.74) is 0. The lowest BCUT2D eigenvalue weighted by molar-refractivity contribution is -0.141. The number of hydrogen-bond acceptors (Lipinski definition) is 3. The van der Waals surface area contributed by atoms with Gasteiger partial charge in [-0.05, 0) is 19.3 Å². The van der Waals surface area contributed by atoms with Gasteiger partial charge in [0.1, 0.15) is 0 Å². The highest BCUT2D eigenvalue weighted by molar-refractivity contribution is 7.89. The summed E-state index contributed by atoms with van der Waals surface area (Å²) in [6.07, 6.45) is 2.38. The first-order chi connectivity index (χ1) is 7.95. The van der Waals surface area contributed by atoms with Gasteiger partial charge in [-0.25, -0.2) is 12.7 Å². The maximum absolute atomic E-state index is 12.3. The molecule has 1 aliphatic carbocycles. The largest absolute Gasteiger partial charge is 0.481 e. The van der Waals surface area contributed by atoms with Crippen LogP contribution in [-0.2, 0) is 14.8 Å². The molecule has 0 bridgehead atoms. The van der Waals surface area contributed by atoms with E-state index in [0.29, 0.717) is 32.4 Å². The Labute approximate surface area is 103 Å². The second-order valence-electron chi connectivity index (χ2n) is 4.45. The Balaban J connectivity index is 2.92. The molecule has 0 aromatic heterocycles. The summed E-state index contributed by atoms with van der Waals surface area (Å²) < 4.78 is 26.1. The van der Waals surface area contributed by atoms with Crippen LogP contribution < -0.4 is 0 Å². The Bertz CT molecular complexity index is 366. The van der Waals surface area contributed by atoms with Crippen LogP contribution in [0.2, 0.25) is 0 Å². The van der Waals surface area contributed by atoms with Crippen LogP contribution in [-0.4, -0.2) is 42.1 Å². The van der Waals surface area contributed by atoms with E-state index in [1.165, 1.54) is 4.31 Å². The van der Waals surface area contributed by atoms with Gasteiger partial charge in [0.15, 0.2) is 0 Å². The monoisotopic (exact) mass is 263 g/mol. The molecule has 1 rings (SSSR count). The number of sulfonamides is 1. The number of nitrogens with zero attached hydrogens (tertiary/aromatic N) is 1. The van der Waals surface area contributed by atoms with Crippen molar-refractivity contribution in [2.75, 3.05) is 13.1 Å². The highest BCUT2D eigenvalue weighted by atomic mass is 32.2. The van der Waals surface area contributed by atoms with Gasteiger partial charge in [-0.15, -0.1) is 0 Å². The van der Waals surface area contributed by atoms with E-state index in [1.807, 2.05) is 6.92 Å². The highest BCUT2D eigenvalue weighted by Crippen LogP contribution is 2.33. The van der Waals surface area contributed by atoms with Crippen LogP contribution in [0.3, 0.4) is 0 Å². The predicted molar refractivity (Wildman–Crippen MR) is 65.2 cm³/mol. The second kappa shape index (κ2) is 5.82. The van der Waals surface area contributed by atoms with Gasteiger partial charge in [0.25, 0.3) is 0 Å². The molecule has 1 N–H and O–H groups in total. The van der Waals surface area contributed by atoms with E-state index in [0.717, 1.165) is 6.42 Å². The molecule has 1 fully saturated rings. The molecule has 0 radical (unpaired) electrons. The van der Waals surface area contributed by atoms with Crippen molar-refractivity contribution in [1.82, 2.24) is 4.31 Å². The van der Waals surface area contributed by atoms with E-state index in [1.54, 1.807) is 6.92 Å². The molecule has 100 valence electrons. The Morgan fingerprint density at radius 3 is 2.47 bits per heavy atom. The fourth-order valence-electron chi connectivity index (χ4n) is 2.47. The first-order valence-electron chi connectivity index (χ1n) is 6.16. The molecule has 1 aliphatic rings. The third kappa shape index (κ3) is 2.98. The lowest BCUT2D eigenvalue weighted by atomic mass is 10.1. The maximum atomic E-state index is 12.3. The number of carbonyl (C=O) groups is 1. The van der Waals surface area contributed by atoms with Gasteiger partial charge in [0.05, 0.1) is 11.2 Å². The molecule has 0 aromatic carbocycles. The van der Waals surface area contributed by atoms with Gasteiger partial charge in [-0.2, -0.15) is 0 Å². The Morgan fingerprint density at radius 1 is 1.35 bits per heavy atom. The summed E-state index contributed by atoms with van der Waals surface area (Å²) in [5.74, 6) is -1.71. The fraction of sp³-hybridized carbons (Fsp3) is 0.909. The van der Waals surface area contributed by atoms with Crippen molar-refractivity contribution >= 4 is 16.0 Å². The molecule has 2 atom stereocenters. The standard InChI is InChI=1S/C11H21NO4S/c1-3-8-12(4-2)17(15,16)10-7-5-6-9(10)11(13)14/h9-10H,3-8H2,1-2H3,(H,13,14). The molecule has 0 spiro atoms. The number of hydrogen-bond donors (Lipinski definition) is 1. The topological polar surface area (TPSA) is 74.7 Å². The third-order valence-corrected chi connectivity index (χ3v) is 5.83. The zero-order valence-electron chi connectivity index (χ0n) is 10.4. The lowest BCUT2D eigenvalue weighted by Gasteiger charge is -2.25. The summed E-state index contributed by atoms with van der Waals surface area (Å²) >= 11 is 0. The van der Waals surface area contributed by atoms with Crippen molar-refractivity contribution in [3.63, 3.8) is 0 Å². The van der Waals surface area contributed by atoms with E-state index in [-0.39, 0.29) is 0 Å². The van der Waals surface area contributed by atoms with Crippen LogP contribution >= 0.6 is 0 Å². The number of aliphatic carboxylic acids is 1. The van der Waals surface area contributed by atoms with Crippen LogP contribution in [0.5, 0.6) is 0 Å². The van der Waals surface area contributed by atoms with Crippen molar-refractivity contribution in [3.05, 3.63) is 0 Å². The van der Waals surface area contributed by atoms with Crippen LogP contribution in [0.4, 0.5) is 0 Å². The zero-order chi connectivity index (χ0) is 13.1. The Hall–Kier alpha value is -0.620. The Kier molecular flexibility index (Phi) is 4.94. The number of carboxylic acids is 1. The first-order valence-corrected chi connectivity index (χ1v) is 7.67. The zero-order valence-corrected chi connectivity index (χ0v) is 11.2. The predicted octanol–water partition coefficient (Wildman–Crippen LogP) is 1.30. The van der Waals surface area contributed by atoms with Gasteiger partial charge in [-0.3, -0.25) is 4.79 Å². The minimum Gasteiger partial charge on any atom is -0.481 e. The van der Waals surface area contributed by atoms with Crippen LogP contribution in [0.1, 0.15) is 39.5 Å². The number of carboxylic acid groups (broad SMARTS) is 1. The first kappa shape index (κ1) is 14.4. The van der Waals surface area contributed by atoms with E-state index < -0.39 is 27.2 Å².